The summed E-state index contributed by atoms with van der Waals surface area (Å²) in [6.07, 6.45) is 4.69. The molecule has 6 nitrogen and oxygen atoms in total. The van der Waals surface area contributed by atoms with Crippen LogP contribution in [0.15, 0.2) is 18.3 Å². The highest BCUT2D eigenvalue weighted by Crippen LogP contribution is 2.31. The number of aromatic nitrogens is 1. The Hall–Kier alpha value is -2.11. The van der Waals surface area contributed by atoms with E-state index in [1.165, 1.54) is 0 Å². The standard InChI is InChI=1S/C17H24N4O2/c1-2-18-16(22)14-6-7-15(19-12-14)20-8-3-9-21(11-10-20)17(23)13-4-5-13/h6-7,12-13H,2-5,8-11H2,1H3,(H,18,22). The minimum absolute atomic E-state index is 0.0939. The molecular formula is C17H24N4O2. The van der Waals surface area contributed by atoms with Crippen LogP contribution in [0, 0.1) is 5.92 Å². The molecule has 3 rings (SSSR count). The van der Waals surface area contributed by atoms with Gasteiger partial charge in [-0.2, -0.15) is 0 Å². The lowest BCUT2D eigenvalue weighted by Gasteiger charge is -2.23. The van der Waals surface area contributed by atoms with Gasteiger partial charge < -0.3 is 15.1 Å². The van der Waals surface area contributed by atoms with Crippen molar-refractivity contribution in [3.63, 3.8) is 0 Å². The van der Waals surface area contributed by atoms with Gasteiger partial charge in [0.05, 0.1) is 5.56 Å². The summed E-state index contributed by atoms with van der Waals surface area (Å²) in [4.78, 5) is 32.6. The van der Waals surface area contributed by atoms with E-state index in [-0.39, 0.29) is 11.8 Å². The Morgan fingerprint density at radius 1 is 1.22 bits per heavy atom. The molecule has 2 amide bonds. The maximum Gasteiger partial charge on any atom is 0.252 e. The molecule has 2 aliphatic rings. The average Bonchev–Trinajstić information content (AvgIpc) is 3.41. The van der Waals surface area contributed by atoms with E-state index in [9.17, 15) is 9.59 Å². The van der Waals surface area contributed by atoms with E-state index in [0.29, 0.717) is 18.0 Å². The highest BCUT2D eigenvalue weighted by atomic mass is 16.2. The van der Waals surface area contributed by atoms with Crippen LogP contribution in [0.25, 0.3) is 0 Å². The van der Waals surface area contributed by atoms with Gasteiger partial charge in [0.25, 0.3) is 5.91 Å². The second-order valence-electron chi connectivity index (χ2n) is 6.20. The van der Waals surface area contributed by atoms with Crippen molar-refractivity contribution in [2.24, 2.45) is 5.92 Å². The molecular weight excluding hydrogens is 292 g/mol. The van der Waals surface area contributed by atoms with Crippen molar-refractivity contribution in [3.8, 4) is 0 Å². The van der Waals surface area contributed by atoms with Crippen LogP contribution < -0.4 is 10.2 Å². The molecule has 0 spiro atoms. The Morgan fingerprint density at radius 3 is 2.70 bits per heavy atom. The predicted molar refractivity (Wildman–Crippen MR) is 88.4 cm³/mol. The van der Waals surface area contributed by atoms with Crippen molar-refractivity contribution >= 4 is 17.6 Å². The number of carbonyl (C=O) groups is 2. The number of hydrogen-bond donors (Lipinski definition) is 1. The number of anilines is 1. The van der Waals surface area contributed by atoms with Gasteiger partial charge in [-0.3, -0.25) is 9.59 Å². The summed E-state index contributed by atoms with van der Waals surface area (Å²) in [6.45, 7) is 5.79. The van der Waals surface area contributed by atoms with Crippen molar-refractivity contribution in [1.82, 2.24) is 15.2 Å². The van der Waals surface area contributed by atoms with Gasteiger partial charge >= 0.3 is 0 Å². The van der Waals surface area contributed by atoms with Crippen molar-refractivity contribution in [2.75, 3.05) is 37.6 Å². The highest BCUT2D eigenvalue weighted by Gasteiger charge is 2.33. The highest BCUT2D eigenvalue weighted by molar-refractivity contribution is 5.94. The molecule has 0 radical (unpaired) electrons. The smallest absolute Gasteiger partial charge is 0.252 e. The van der Waals surface area contributed by atoms with E-state index >= 15 is 0 Å². The first-order chi connectivity index (χ1) is 11.2. The number of nitrogens with zero attached hydrogens (tertiary/aromatic N) is 3. The third-order valence-electron chi connectivity index (χ3n) is 4.41. The van der Waals surface area contributed by atoms with Crippen LogP contribution >= 0.6 is 0 Å². The van der Waals surface area contributed by atoms with Crippen LogP contribution in [0.2, 0.25) is 0 Å². The topological polar surface area (TPSA) is 65.5 Å². The molecule has 1 aliphatic heterocycles. The number of carbonyl (C=O) groups excluding carboxylic acids is 2. The molecule has 2 heterocycles. The zero-order valence-corrected chi connectivity index (χ0v) is 13.6. The predicted octanol–water partition coefficient (Wildman–Crippen LogP) is 1.28. The van der Waals surface area contributed by atoms with Crippen LogP contribution in [0.3, 0.4) is 0 Å². The zero-order valence-electron chi connectivity index (χ0n) is 13.6. The minimum Gasteiger partial charge on any atom is -0.355 e. The fraction of sp³-hybridized carbons (Fsp3) is 0.588. The van der Waals surface area contributed by atoms with E-state index in [4.69, 9.17) is 0 Å². The fourth-order valence-electron chi connectivity index (χ4n) is 2.93. The van der Waals surface area contributed by atoms with Gasteiger partial charge in [-0.1, -0.05) is 0 Å². The third kappa shape index (κ3) is 3.81. The summed E-state index contributed by atoms with van der Waals surface area (Å²) in [5.74, 6) is 1.39. The molecule has 23 heavy (non-hydrogen) atoms. The lowest BCUT2D eigenvalue weighted by Crippen LogP contribution is -2.36. The monoisotopic (exact) mass is 316 g/mol. The van der Waals surface area contributed by atoms with Gasteiger partial charge in [0, 0.05) is 44.8 Å². The average molecular weight is 316 g/mol. The van der Waals surface area contributed by atoms with Gasteiger partial charge in [0.15, 0.2) is 0 Å². The molecule has 1 aliphatic carbocycles. The summed E-state index contributed by atoms with van der Waals surface area (Å²) in [5.41, 5.74) is 0.580. The first kappa shape index (κ1) is 15.8. The van der Waals surface area contributed by atoms with Crippen LogP contribution in [-0.4, -0.2) is 54.4 Å². The summed E-state index contributed by atoms with van der Waals surface area (Å²) in [6, 6.07) is 3.70. The molecule has 2 fully saturated rings. The van der Waals surface area contributed by atoms with Gasteiger partial charge in [0.1, 0.15) is 5.82 Å². The van der Waals surface area contributed by atoms with Gasteiger partial charge in [-0.05, 0) is 38.3 Å². The third-order valence-corrected chi connectivity index (χ3v) is 4.41. The summed E-state index contributed by atoms with van der Waals surface area (Å²) < 4.78 is 0. The molecule has 1 aromatic rings. The van der Waals surface area contributed by atoms with Crippen LogP contribution in [0.5, 0.6) is 0 Å². The normalized spacial score (nSPS) is 18.5. The molecule has 124 valence electrons. The lowest BCUT2D eigenvalue weighted by molar-refractivity contribution is -0.132. The summed E-state index contributed by atoms with van der Waals surface area (Å²) in [5, 5.41) is 2.77. The number of hydrogen-bond acceptors (Lipinski definition) is 4. The molecule has 1 saturated heterocycles. The Balaban J connectivity index is 1.60. The van der Waals surface area contributed by atoms with Crippen LogP contribution in [-0.2, 0) is 4.79 Å². The first-order valence-electron chi connectivity index (χ1n) is 8.47. The molecule has 0 unspecified atom stereocenters. The zero-order chi connectivity index (χ0) is 16.2. The fourth-order valence-corrected chi connectivity index (χ4v) is 2.93. The van der Waals surface area contributed by atoms with Gasteiger partial charge in [0.2, 0.25) is 5.91 Å². The quantitative estimate of drug-likeness (QED) is 0.909. The molecule has 1 N–H and O–H groups in total. The van der Waals surface area contributed by atoms with E-state index in [0.717, 1.165) is 51.3 Å². The summed E-state index contributed by atoms with van der Waals surface area (Å²) in [7, 11) is 0. The second-order valence-corrected chi connectivity index (χ2v) is 6.20. The molecule has 0 bridgehead atoms. The first-order valence-corrected chi connectivity index (χ1v) is 8.47. The Bertz CT molecular complexity index is 568. The maximum absolute atomic E-state index is 12.2. The van der Waals surface area contributed by atoms with Gasteiger partial charge in [-0.25, -0.2) is 4.98 Å². The molecule has 0 aromatic carbocycles. The van der Waals surface area contributed by atoms with E-state index < -0.39 is 0 Å². The molecule has 0 atom stereocenters. The SMILES string of the molecule is CCNC(=O)c1ccc(N2CCCN(C(=O)C3CC3)CC2)nc1. The molecule has 6 heteroatoms. The Kier molecular flexibility index (Phi) is 4.79. The van der Waals surface area contributed by atoms with Crippen molar-refractivity contribution in [3.05, 3.63) is 23.9 Å². The van der Waals surface area contributed by atoms with E-state index in [1.807, 2.05) is 24.0 Å². The number of amides is 2. The summed E-state index contributed by atoms with van der Waals surface area (Å²) >= 11 is 0. The molecule has 1 saturated carbocycles. The van der Waals surface area contributed by atoms with E-state index in [2.05, 4.69) is 15.2 Å². The van der Waals surface area contributed by atoms with Crippen LogP contribution in [0.4, 0.5) is 5.82 Å². The van der Waals surface area contributed by atoms with Gasteiger partial charge in [-0.15, -0.1) is 0 Å². The second kappa shape index (κ2) is 6.98. The Morgan fingerprint density at radius 2 is 2.04 bits per heavy atom. The maximum atomic E-state index is 12.2. The Labute approximate surface area is 136 Å². The number of pyridine rings is 1. The minimum atomic E-state index is -0.0939. The van der Waals surface area contributed by atoms with Crippen molar-refractivity contribution in [2.45, 2.75) is 26.2 Å². The lowest BCUT2D eigenvalue weighted by atomic mass is 10.2. The van der Waals surface area contributed by atoms with Crippen LogP contribution in [0.1, 0.15) is 36.5 Å². The molecule has 1 aromatic heterocycles. The number of rotatable bonds is 4. The van der Waals surface area contributed by atoms with Crippen molar-refractivity contribution < 1.29 is 9.59 Å². The largest absolute Gasteiger partial charge is 0.355 e. The van der Waals surface area contributed by atoms with Crippen molar-refractivity contribution in [1.29, 1.82) is 0 Å². The van der Waals surface area contributed by atoms with E-state index in [1.54, 1.807) is 6.20 Å². The number of nitrogens with one attached hydrogen (secondary N) is 1.